The van der Waals surface area contributed by atoms with E-state index in [-0.39, 0.29) is 11.8 Å². The molecule has 0 unspecified atom stereocenters. The fourth-order valence-electron chi connectivity index (χ4n) is 3.54. The molecule has 0 aromatic heterocycles. The zero-order chi connectivity index (χ0) is 21.6. The van der Waals surface area contributed by atoms with E-state index in [1.165, 1.54) is 0 Å². The minimum absolute atomic E-state index is 0.148. The Labute approximate surface area is 186 Å². The van der Waals surface area contributed by atoms with Crippen molar-refractivity contribution in [3.63, 3.8) is 0 Å². The number of halogens is 1. The summed E-state index contributed by atoms with van der Waals surface area (Å²) < 4.78 is 5.81. The summed E-state index contributed by atoms with van der Waals surface area (Å²) in [4.78, 5) is 26.4. The summed E-state index contributed by atoms with van der Waals surface area (Å²) in [5, 5.41) is 3.58. The average Bonchev–Trinajstić information content (AvgIpc) is 3.23. The van der Waals surface area contributed by atoms with Crippen LogP contribution >= 0.6 is 11.6 Å². The van der Waals surface area contributed by atoms with Gasteiger partial charge >= 0.3 is 0 Å². The van der Waals surface area contributed by atoms with Crippen molar-refractivity contribution >= 4 is 29.1 Å². The van der Waals surface area contributed by atoms with Crippen molar-refractivity contribution in [2.75, 3.05) is 11.4 Å². The predicted molar refractivity (Wildman–Crippen MR) is 121 cm³/mol. The number of hydrogen-bond acceptors (Lipinski definition) is 3. The number of carbonyl (C=O) groups excluding carboxylic acids is 2. The van der Waals surface area contributed by atoms with E-state index in [1.54, 1.807) is 23.1 Å². The van der Waals surface area contributed by atoms with Gasteiger partial charge in [0.25, 0.3) is 5.91 Å². The van der Waals surface area contributed by atoms with E-state index in [1.807, 2.05) is 54.6 Å². The lowest BCUT2D eigenvalue weighted by Crippen LogP contribution is -2.25. The second-order valence-corrected chi connectivity index (χ2v) is 7.82. The van der Waals surface area contributed by atoms with Crippen molar-refractivity contribution in [3.05, 3.63) is 94.5 Å². The van der Waals surface area contributed by atoms with E-state index in [0.717, 1.165) is 29.8 Å². The lowest BCUT2D eigenvalue weighted by Gasteiger charge is -2.16. The van der Waals surface area contributed by atoms with Gasteiger partial charge < -0.3 is 15.0 Å². The first-order valence-electron chi connectivity index (χ1n) is 10.2. The van der Waals surface area contributed by atoms with Crippen molar-refractivity contribution in [3.8, 4) is 5.75 Å². The summed E-state index contributed by atoms with van der Waals surface area (Å²) in [6.07, 6.45) is 1.48. The fourth-order valence-corrected chi connectivity index (χ4v) is 3.73. The molecule has 0 bridgehead atoms. The number of nitrogens with zero attached hydrogens (tertiary/aromatic N) is 1. The van der Waals surface area contributed by atoms with Crippen LogP contribution in [0.2, 0.25) is 5.02 Å². The van der Waals surface area contributed by atoms with Crippen LogP contribution in [0.1, 0.15) is 34.3 Å². The number of ether oxygens (including phenoxy) is 1. The summed E-state index contributed by atoms with van der Waals surface area (Å²) in [7, 11) is 0. The topological polar surface area (TPSA) is 58.6 Å². The molecule has 1 heterocycles. The van der Waals surface area contributed by atoms with Gasteiger partial charge in [-0.25, -0.2) is 0 Å². The summed E-state index contributed by atoms with van der Waals surface area (Å²) >= 11 is 6.17. The van der Waals surface area contributed by atoms with Crippen molar-refractivity contribution in [2.24, 2.45) is 0 Å². The first kappa shape index (κ1) is 20.9. The van der Waals surface area contributed by atoms with Crippen LogP contribution in [-0.2, 0) is 17.9 Å². The zero-order valence-electron chi connectivity index (χ0n) is 17.0. The molecule has 3 aromatic rings. The summed E-state index contributed by atoms with van der Waals surface area (Å²) in [5.74, 6) is 0.558. The highest BCUT2D eigenvalue weighted by Crippen LogP contribution is 2.23. The molecule has 1 aliphatic rings. The molecule has 1 aliphatic heterocycles. The highest BCUT2D eigenvalue weighted by Gasteiger charge is 2.21. The van der Waals surface area contributed by atoms with E-state index in [4.69, 9.17) is 16.3 Å². The molecule has 0 radical (unpaired) electrons. The van der Waals surface area contributed by atoms with Crippen LogP contribution in [0.3, 0.4) is 0 Å². The Balaban J connectivity index is 1.36. The van der Waals surface area contributed by atoms with Crippen LogP contribution in [0.4, 0.5) is 5.69 Å². The molecule has 1 saturated heterocycles. The molecular formula is C25H23ClN2O3. The number of benzene rings is 3. The smallest absolute Gasteiger partial charge is 0.251 e. The molecule has 4 rings (SSSR count). The number of nitrogens with one attached hydrogen (secondary N) is 1. The Bertz CT molecular complexity index is 1100. The Hall–Kier alpha value is -3.31. The molecule has 158 valence electrons. The first-order valence-corrected chi connectivity index (χ1v) is 10.6. The molecule has 5 nitrogen and oxygen atoms in total. The highest BCUT2D eigenvalue weighted by atomic mass is 35.5. The van der Waals surface area contributed by atoms with Gasteiger partial charge in [0.15, 0.2) is 0 Å². The minimum Gasteiger partial charge on any atom is -0.489 e. The summed E-state index contributed by atoms with van der Waals surface area (Å²) in [5.41, 5.74) is 3.22. The van der Waals surface area contributed by atoms with Crippen LogP contribution in [-0.4, -0.2) is 18.4 Å². The van der Waals surface area contributed by atoms with E-state index < -0.39 is 0 Å². The molecular weight excluding hydrogens is 412 g/mol. The van der Waals surface area contributed by atoms with Gasteiger partial charge in [-0.05, 0) is 48.4 Å². The SMILES string of the molecule is O=C(NCc1cccc(N2CCCC2=O)c1)c1cccc(OCc2ccccc2Cl)c1. The Morgan fingerprint density at radius 3 is 2.68 bits per heavy atom. The molecule has 3 aromatic carbocycles. The first-order chi connectivity index (χ1) is 15.1. The van der Waals surface area contributed by atoms with E-state index >= 15 is 0 Å². The molecule has 6 heteroatoms. The number of amides is 2. The predicted octanol–water partition coefficient (Wildman–Crippen LogP) is 4.98. The summed E-state index contributed by atoms with van der Waals surface area (Å²) in [6.45, 7) is 1.45. The van der Waals surface area contributed by atoms with Gasteiger partial charge in [0.1, 0.15) is 12.4 Å². The second-order valence-electron chi connectivity index (χ2n) is 7.41. The van der Waals surface area contributed by atoms with Crippen LogP contribution in [0, 0.1) is 0 Å². The molecule has 1 fully saturated rings. The van der Waals surface area contributed by atoms with Gasteiger partial charge in [0.2, 0.25) is 5.91 Å². The van der Waals surface area contributed by atoms with Crippen molar-refractivity contribution in [1.29, 1.82) is 0 Å². The molecule has 0 spiro atoms. The monoisotopic (exact) mass is 434 g/mol. The summed E-state index contributed by atoms with van der Waals surface area (Å²) in [6, 6.07) is 22.3. The Morgan fingerprint density at radius 2 is 1.87 bits per heavy atom. The largest absolute Gasteiger partial charge is 0.489 e. The molecule has 0 saturated carbocycles. The van der Waals surface area contributed by atoms with Gasteiger partial charge in [0, 0.05) is 41.3 Å². The molecule has 1 N–H and O–H groups in total. The van der Waals surface area contributed by atoms with Crippen molar-refractivity contribution in [2.45, 2.75) is 26.0 Å². The van der Waals surface area contributed by atoms with Gasteiger partial charge in [-0.1, -0.05) is 48.0 Å². The molecule has 0 aliphatic carbocycles. The minimum atomic E-state index is -0.189. The van der Waals surface area contributed by atoms with Crippen LogP contribution in [0.25, 0.3) is 0 Å². The Morgan fingerprint density at radius 1 is 1.03 bits per heavy atom. The van der Waals surface area contributed by atoms with E-state index in [2.05, 4.69) is 5.32 Å². The third-order valence-electron chi connectivity index (χ3n) is 5.20. The third-order valence-corrected chi connectivity index (χ3v) is 5.57. The average molecular weight is 435 g/mol. The van der Waals surface area contributed by atoms with Crippen LogP contribution < -0.4 is 15.0 Å². The fraction of sp³-hybridized carbons (Fsp3) is 0.200. The molecule has 0 atom stereocenters. The number of carbonyl (C=O) groups is 2. The highest BCUT2D eigenvalue weighted by molar-refractivity contribution is 6.31. The Kier molecular flexibility index (Phi) is 6.53. The maximum atomic E-state index is 12.6. The van der Waals surface area contributed by atoms with Crippen molar-refractivity contribution in [1.82, 2.24) is 5.32 Å². The van der Waals surface area contributed by atoms with Gasteiger partial charge in [-0.15, -0.1) is 0 Å². The maximum absolute atomic E-state index is 12.6. The van der Waals surface area contributed by atoms with E-state index in [9.17, 15) is 9.59 Å². The van der Waals surface area contributed by atoms with Crippen LogP contribution in [0.5, 0.6) is 5.75 Å². The molecule has 2 amide bonds. The second kappa shape index (κ2) is 9.67. The third kappa shape index (κ3) is 5.25. The van der Waals surface area contributed by atoms with Gasteiger partial charge in [0.05, 0.1) is 0 Å². The van der Waals surface area contributed by atoms with E-state index in [0.29, 0.717) is 35.9 Å². The number of anilines is 1. The maximum Gasteiger partial charge on any atom is 0.251 e. The number of rotatable bonds is 7. The normalized spacial score (nSPS) is 13.3. The van der Waals surface area contributed by atoms with Gasteiger partial charge in [-0.3, -0.25) is 9.59 Å². The lowest BCUT2D eigenvalue weighted by molar-refractivity contribution is -0.117. The zero-order valence-corrected chi connectivity index (χ0v) is 17.8. The van der Waals surface area contributed by atoms with Gasteiger partial charge in [-0.2, -0.15) is 0 Å². The molecule has 31 heavy (non-hydrogen) atoms. The standard InChI is InChI=1S/C25H23ClN2O3/c26-23-11-2-1-7-20(23)17-31-22-10-4-8-19(15-22)25(30)27-16-18-6-3-9-21(14-18)28-13-5-12-24(28)29/h1-4,6-11,14-15H,5,12-13,16-17H2,(H,27,30). The lowest BCUT2D eigenvalue weighted by atomic mass is 10.1. The number of hydrogen-bond donors (Lipinski definition) is 1. The quantitative estimate of drug-likeness (QED) is 0.570. The van der Waals surface area contributed by atoms with Crippen LogP contribution in [0.15, 0.2) is 72.8 Å². The van der Waals surface area contributed by atoms with Crippen molar-refractivity contribution < 1.29 is 14.3 Å².